The number of rotatable bonds is 6. The zero-order valence-electron chi connectivity index (χ0n) is 32.2. The molecule has 0 saturated heterocycles. The third kappa shape index (κ3) is 5.40. The lowest BCUT2D eigenvalue weighted by atomic mass is 9.92. The fraction of sp³-hybridized carbons (Fsp3) is 0. The Morgan fingerprint density at radius 3 is 1.67 bits per heavy atom. The SMILES string of the molecule is N#Cc1cc(-c2nc(-c3ccccc3)nc(-c3ccccc3)c2C#N)ccc1-c1cccc2c1c1ccc3c(c4ccccc4n3-c3ccccc3)c1n2-c1ccccc1. The van der Waals surface area contributed by atoms with E-state index in [1.54, 1.807) is 0 Å². The number of aromatic nitrogens is 4. The van der Waals surface area contributed by atoms with Gasteiger partial charge in [-0.3, -0.25) is 0 Å². The first kappa shape index (κ1) is 34.7. The molecular weight excluding hydrogens is 733 g/mol. The second-order valence-electron chi connectivity index (χ2n) is 14.8. The van der Waals surface area contributed by atoms with Crippen LogP contribution >= 0.6 is 0 Å². The Kier molecular flexibility index (Phi) is 8.15. The molecule has 0 atom stereocenters. The highest BCUT2D eigenvalue weighted by atomic mass is 15.0. The van der Waals surface area contributed by atoms with Gasteiger partial charge in [0.1, 0.15) is 11.6 Å². The summed E-state index contributed by atoms with van der Waals surface area (Å²) >= 11 is 0. The summed E-state index contributed by atoms with van der Waals surface area (Å²) in [5.41, 5.74) is 12.4. The summed E-state index contributed by atoms with van der Waals surface area (Å²) < 4.78 is 4.72. The van der Waals surface area contributed by atoms with Crippen LogP contribution in [0.1, 0.15) is 11.1 Å². The van der Waals surface area contributed by atoms with Crippen molar-refractivity contribution in [3.8, 4) is 68.5 Å². The molecule has 0 spiro atoms. The molecule has 0 saturated carbocycles. The first-order valence-electron chi connectivity index (χ1n) is 19.8. The van der Waals surface area contributed by atoms with Crippen molar-refractivity contribution in [2.24, 2.45) is 0 Å². The smallest absolute Gasteiger partial charge is 0.160 e. The maximum absolute atomic E-state index is 10.9. The van der Waals surface area contributed by atoms with Crippen LogP contribution in [0.2, 0.25) is 0 Å². The van der Waals surface area contributed by atoms with E-state index in [9.17, 15) is 10.5 Å². The number of nitrogens with zero attached hydrogens (tertiary/aromatic N) is 6. The summed E-state index contributed by atoms with van der Waals surface area (Å²) in [5.74, 6) is 0.504. The fourth-order valence-corrected chi connectivity index (χ4v) is 8.85. The second-order valence-corrected chi connectivity index (χ2v) is 14.8. The highest BCUT2D eigenvalue weighted by molar-refractivity contribution is 6.28. The predicted molar refractivity (Wildman–Crippen MR) is 242 cm³/mol. The van der Waals surface area contributed by atoms with Crippen LogP contribution in [0.4, 0.5) is 0 Å². The van der Waals surface area contributed by atoms with Crippen LogP contribution in [0.25, 0.3) is 100 Å². The van der Waals surface area contributed by atoms with Gasteiger partial charge in [-0.15, -0.1) is 0 Å². The van der Waals surface area contributed by atoms with Gasteiger partial charge in [0.05, 0.1) is 45.1 Å². The number of benzene rings is 8. The largest absolute Gasteiger partial charge is 0.309 e. The Morgan fingerprint density at radius 2 is 0.983 bits per heavy atom. The summed E-state index contributed by atoms with van der Waals surface area (Å²) in [6.07, 6.45) is 0. The summed E-state index contributed by atoms with van der Waals surface area (Å²) in [7, 11) is 0. The molecule has 0 fully saturated rings. The van der Waals surface area contributed by atoms with Gasteiger partial charge in [-0.2, -0.15) is 10.5 Å². The Labute approximate surface area is 345 Å². The number of fused-ring (bicyclic) bond motifs is 7. The van der Waals surface area contributed by atoms with Crippen LogP contribution in [0.3, 0.4) is 0 Å². The van der Waals surface area contributed by atoms with Gasteiger partial charge in [-0.25, -0.2) is 9.97 Å². The molecule has 0 unspecified atom stereocenters. The number of para-hydroxylation sites is 3. The quantitative estimate of drug-likeness (QED) is 0.169. The zero-order chi connectivity index (χ0) is 40.2. The van der Waals surface area contributed by atoms with Gasteiger partial charge < -0.3 is 9.13 Å². The lowest BCUT2D eigenvalue weighted by Gasteiger charge is -2.14. The molecule has 0 N–H and O–H groups in total. The zero-order valence-corrected chi connectivity index (χ0v) is 32.2. The third-order valence-electron chi connectivity index (χ3n) is 11.4. The van der Waals surface area contributed by atoms with Crippen LogP contribution in [0, 0.1) is 22.7 Å². The highest BCUT2D eigenvalue weighted by Gasteiger charge is 2.24. The Balaban J connectivity index is 1.18. The van der Waals surface area contributed by atoms with Crippen LogP contribution in [0.5, 0.6) is 0 Å². The maximum Gasteiger partial charge on any atom is 0.160 e. The summed E-state index contributed by atoms with van der Waals surface area (Å²) in [5, 5.41) is 26.0. The van der Waals surface area contributed by atoms with Gasteiger partial charge in [-0.1, -0.05) is 146 Å². The number of nitriles is 2. The van der Waals surface area contributed by atoms with E-state index in [0.717, 1.165) is 77.2 Å². The minimum atomic E-state index is 0.351. The van der Waals surface area contributed by atoms with E-state index in [-0.39, 0.29) is 0 Å². The minimum absolute atomic E-state index is 0.351. The van der Waals surface area contributed by atoms with Crippen molar-refractivity contribution in [1.29, 1.82) is 10.5 Å². The van der Waals surface area contributed by atoms with E-state index in [0.29, 0.717) is 33.9 Å². The van der Waals surface area contributed by atoms with Crippen LogP contribution in [-0.2, 0) is 0 Å². The highest BCUT2D eigenvalue weighted by Crippen LogP contribution is 2.45. The second kappa shape index (κ2) is 14.1. The summed E-state index contributed by atoms with van der Waals surface area (Å²) in [6.45, 7) is 0. The molecule has 3 aromatic heterocycles. The first-order valence-corrected chi connectivity index (χ1v) is 19.8. The monoisotopic (exact) mass is 764 g/mol. The Bertz CT molecular complexity index is 3540. The molecule has 3 heterocycles. The Morgan fingerprint density at radius 1 is 0.400 bits per heavy atom. The predicted octanol–water partition coefficient (Wildman–Crippen LogP) is 13.1. The number of hydrogen-bond acceptors (Lipinski definition) is 4. The van der Waals surface area contributed by atoms with Gasteiger partial charge in [0.15, 0.2) is 5.82 Å². The lowest BCUT2D eigenvalue weighted by molar-refractivity contribution is 1.17. The molecule has 0 radical (unpaired) electrons. The summed E-state index contributed by atoms with van der Waals surface area (Å²) in [6, 6.07) is 70.7. The number of hydrogen-bond donors (Lipinski definition) is 0. The van der Waals surface area contributed by atoms with Crippen molar-refractivity contribution < 1.29 is 0 Å². The van der Waals surface area contributed by atoms with Gasteiger partial charge in [-0.05, 0) is 54.1 Å². The van der Waals surface area contributed by atoms with E-state index in [4.69, 9.17) is 9.97 Å². The normalized spacial score (nSPS) is 11.3. The average Bonchev–Trinajstić information content (AvgIpc) is 3.85. The molecule has 60 heavy (non-hydrogen) atoms. The van der Waals surface area contributed by atoms with Crippen molar-refractivity contribution in [2.45, 2.75) is 0 Å². The molecule has 0 aliphatic heterocycles. The van der Waals surface area contributed by atoms with E-state index < -0.39 is 0 Å². The van der Waals surface area contributed by atoms with Gasteiger partial charge in [0, 0.05) is 55.2 Å². The topological polar surface area (TPSA) is 83.2 Å². The van der Waals surface area contributed by atoms with Gasteiger partial charge >= 0.3 is 0 Å². The van der Waals surface area contributed by atoms with Crippen molar-refractivity contribution >= 4 is 43.6 Å². The fourth-order valence-electron chi connectivity index (χ4n) is 8.85. The van der Waals surface area contributed by atoms with Crippen LogP contribution < -0.4 is 0 Å². The van der Waals surface area contributed by atoms with Crippen LogP contribution in [-0.4, -0.2) is 19.1 Å². The van der Waals surface area contributed by atoms with E-state index in [1.165, 1.54) is 0 Å². The van der Waals surface area contributed by atoms with Crippen molar-refractivity contribution in [1.82, 2.24) is 19.1 Å². The third-order valence-corrected chi connectivity index (χ3v) is 11.4. The van der Waals surface area contributed by atoms with E-state index >= 15 is 0 Å². The molecule has 0 aliphatic rings. The molecular formula is C54H32N6. The molecule has 0 aliphatic carbocycles. The van der Waals surface area contributed by atoms with Crippen LogP contribution in [0.15, 0.2) is 194 Å². The minimum Gasteiger partial charge on any atom is -0.309 e. The first-order chi connectivity index (χ1) is 29.7. The molecule has 11 rings (SSSR count). The van der Waals surface area contributed by atoms with Crippen molar-refractivity contribution in [2.75, 3.05) is 0 Å². The molecule has 8 aromatic carbocycles. The molecule has 6 nitrogen and oxygen atoms in total. The molecule has 6 heteroatoms. The van der Waals surface area contributed by atoms with Gasteiger partial charge in [0.25, 0.3) is 0 Å². The molecule has 278 valence electrons. The average molecular weight is 765 g/mol. The maximum atomic E-state index is 10.9. The van der Waals surface area contributed by atoms with E-state index in [2.05, 4.69) is 124 Å². The lowest BCUT2D eigenvalue weighted by Crippen LogP contribution is -2.01. The van der Waals surface area contributed by atoms with Gasteiger partial charge in [0.2, 0.25) is 0 Å². The Hall–Kier alpha value is -8.58. The molecule has 0 bridgehead atoms. The molecule has 11 aromatic rings. The molecule has 0 amide bonds. The van der Waals surface area contributed by atoms with E-state index in [1.807, 2.05) is 91.0 Å². The summed E-state index contributed by atoms with van der Waals surface area (Å²) in [4.78, 5) is 9.93. The van der Waals surface area contributed by atoms with Crippen molar-refractivity contribution in [3.63, 3.8) is 0 Å². The van der Waals surface area contributed by atoms with Crippen molar-refractivity contribution in [3.05, 3.63) is 205 Å². The standard InChI is InChI=1S/C54H32N6/c55-33-38-32-37(52-45(34-56)51(35-16-5-1-6-17-35)57-54(58-52)36-18-7-2-8-19-36)28-29-41(38)42-25-15-27-47-49(42)44-30-31-48-50(53(44)60(47)40-22-11-4-12-23-40)43-24-13-14-26-46(43)59(48)39-20-9-3-10-21-39/h1-32H.